The minimum absolute atomic E-state index is 0.140. The Bertz CT molecular complexity index is 1410. The highest BCUT2D eigenvalue weighted by atomic mass is 35.5. The van der Waals surface area contributed by atoms with Crippen molar-refractivity contribution in [2.45, 2.75) is 56.1 Å². The largest absolute Gasteiger partial charge is 0.390 e. The first-order chi connectivity index (χ1) is 18.5. The predicted molar refractivity (Wildman–Crippen MR) is 143 cm³/mol. The number of nitrogen functional groups attached to an aromatic ring is 1. The van der Waals surface area contributed by atoms with Crippen LogP contribution in [0.1, 0.15) is 72.2 Å². The van der Waals surface area contributed by atoms with E-state index in [1.807, 2.05) is 0 Å². The summed E-state index contributed by atoms with van der Waals surface area (Å²) in [5, 5.41) is 34.3. The van der Waals surface area contributed by atoms with E-state index in [2.05, 4.69) is 15.5 Å². The molecular weight excluding hydrogens is 529 g/mol. The van der Waals surface area contributed by atoms with Crippen molar-refractivity contribution >= 4 is 35.2 Å². The minimum Gasteiger partial charge on any atom is -0.388 e. The number of aromatic nitrogens is 4. The normalized spacial score (nSPS) is 25.6. The van der Waals surface area contributed by atoms with Gasteiger partial charge in [0, 0.05) is 25.7 Å². The number of nitrogens with two attached hydrogens (primary N) is 1. The molecule has 3 fully saturated rings. The summed E-state index contributed by atoms with van der Waals surface area (Å²) in [6, 6.07) is 6.09. The Kier molecular flexibility index (Phi) is 7.10. The number of benzene rings is 1. The second-order valence-corrected chi connectivity index (χ2v) is 11.2. The maximum atomic E-state index is 12.5. The molecule has 208 valence electrons. The Morgan fingerprint density at radius 3 is 2.46 bits per heavy atom. The molecule has 2 unspecified atom stereocenters. The van der Waals surface area contributed by atoms with Crippen molar-refractivity contribution in [3.8, 4) is 0 Å². The number of rotatable bonds is 6. The van der Waals surface area contributed by atoms with Gasteiger partial charge in [-0.3, -0.25) is 9.48 Å². The van der Waals surface area contributed by atoms with E-state index < -0.39 is 10.5 Å². The summed E-state index contributed by atoms with van der Waals surface area (Å²) in [6.45, 7) is 0. The molecule has 0 amide bonds. The standard InChI is InChI=1S/C19H24N6O4.C7H7ClFN/c1-23-18(20)14(9-26)17(22-23)10-4-11-7-19(27,8-12(11)5-10)15-6-16(25(28)29)21-24(15)13-2-3-13;1-10-5-2-3-7(9)6(8)4-5/h6,9-13,27H,2-5,7-8,20H2,1H3;2-4,10H,1H3. The summed E-state index contributed by atoms with van der Waals surface area (Å²) in [5.41, 5.74) is 7.47. The van der Waals surface area contributed by atoms with Crippen LogP contribution in [0.3, 0.4) is 0 Å². The number of nitro groups is 1. The van der Waals surface area contributed by atoms with Crippen LogP contribution in [0.15, 0.2) is 24.3 Å². The lowest BCUT2D eigenvalue weighted by Gasteiger charge is -2.24. The number of anilines is 2. The number of aryl methyl sites for hydroxylation is 1. The number of nitrogens with one attached hydrogen (secondary N) is 1. The second kappa shape index (κ2) is 10.2. The average Bonchev–Trinajstić information content (AvgIpc) is 3.23. The van der Waals surface area contributed by atoms with Crippen molar-refractivity contribution in [1.82, 2.24) is 19.6 Å². The van der Waals surface area contributed by atoms with E-state index in [4.69, 9.17) is 17.3 Å². The van der Waals surface area contributed by atoms with E-state index in [1.54, 1.807) is 24.8 Å². The lowest BCUT2D eigenvalue weighted by molar-refractivity contribution is -0.389. The molecule has 2 heterocycles. The quantitative estimate of drug-likeness (QED) is 0.225. The number of carbonyl (C=O) groups excluding carboxylic acids is 1. The number of hydrogen-bond acceptors (Lipinski definition) is 8. The third-order valence-electron chi connectivity index (χ3n) is 8.19. The van der Waals surface area contributed by atoms with Gasteiger partial charge in [-0.15, -0.1) is 0 Å². The van der Waals surface area contributed by atoms with Gasteiger partial charge in [0.2, 0.25) is 0 Å². The molecule has 3 aliphatic rings. The molecule has 6 rings (SSSR count). The molecule has 3 aliphatic carbocycles. The van der Waals surface area contributed by atoms with Crippen molar-refractivity contribution in [1.29, 1.82) is 0 Å². The van der Waals surface area contributed by atoms with Crippen LogP contribution in [0.5, 0.6) is 0 Å². The van der Waals surface area contributed by atoms with Gasteiger partial charge in [-0.05, 0) is 73.5 Å². The summed E-state index contributed by atoms with van der Waals surface area (Å²) < 4.78 is 15.7. The van der Waals surface area contributed by atoms with E-state index in [1.165, 1.54) is 22.9 Å². The number of hydrogen-bond donors (Lipinski definition) is 3. The summed E-state index contributed by atoms with van der Waals surface area (Å²) >= 11 is 5.48. The highest BCUT2D eigenvalue weighted by molar-refractivity contribution is 6.31. The highest BCUT2D eigenvalue weighted by Crippen LogP contribution is 2.57. The fourth-order valence-corrected chi connectivity index (χ4v) is 6.34. The Balaban J connectivity index is 0.000000261. The van der Waals surface area contributed by atoms with Crippen LogP contribution >= 0.6 is 11.6 Å². The van der Waals surface area contributed by atoms with Gasteiger partial charge in [-0.1, -0.05) is 11.6 Å². The molecule has 0 bridgehead atoms. The molecule has 0 spiro atoms. The third-order valence-corrected chi connectivity index (χ3v) is 8.48. The zero-order valence-electron chi connectivity index (χ0n) is 21.7. The number of halogens is 2. The molecule has 3 saturated carbocycles. The molecule has 4 N–H and O–H groups in total. The Labute approximate surface area is 229 Å². The van der Waals surface area contributed by atoms with E-state index >= 15 is 0 Å². The molecule has 3 aromatic rings. The molecule has 11 nitrogen and oxygen atoms in total. The van der Waals surface area contributed by atoms with Gasteiger partial charge in [-0.25, -0.2) is 4.39 Å². The van der Waals surface area contributed by atoms with Crippen LogP contribution in [0.2, 0.25) is 5.02 Å². The Morgan fingerprint density at radius 2 is 1.92 bits per heavy atom. The Morgan fingerprint density at radius 1 is 1.26 bits per heavy atom. The summed E-state index contributed by atoms with van der Waals surface area (Å²) in [4.78, 5) is 22.2. The van der Waals surface area contributed by atoms with Crippen molar-refractivity contribution in [2.24, 2.45) is 18.9 Å². The summed E-state index contributed by atoms with van der Waals surface area (Å²) in [7, 11) is 3.48. The third kappa shape index (κ3) is 5.10. The van der Waals surface area contributed by atoms with Crippen LogP contribution in [0, 0.1) is 27.8 Å². The fourth-order valence-electron chi connectivity index (χ4n) is 6.16. The van der Waals surface area contributed by atoms with Crippen LogP contribution in [-0.4, -0.2) is 42.9 Å². The van der Waals surface area contributed by atoms with Crippen molar-refractivity contribution < 1.29 is 19.2 Å². The topological polar surface area (TPSA) is 154 Å². The van der Waals surface area contributed by atoms with Crippen molar-refractivity contribution in [2.75, 3.05) is 18.1 Å². The van der Waals surface area contributed by atoms with Gasteiger partial charge in [0.1, 0.15) is 17.2 Å². The van der Waals surface area contributed by atoms with Crippen LogP contribution in [-0.2, 0) is 12.6 Å². The highest BCUT2D eigenvalue weighted by Gasteiger charge is 2.53. The smallest absolute Gasteiger partial charge is 0.388 e. The van der Waals surface area contributed by atoms with Gasteiger partial charge in [0.25, 0.3) is 0 Å². The first-order valence-electron chi connectivity index (χ1n) is 12.9. The van der Waals surface area contributed by atoms with Gasteiger partial charge in [0.15, 0.2) is 6.29 Å². The molecule has 39 heavy (non-hydrogen) atoms. The zero-order chi connectivity index (χ0) is 28.1. The summed E-state index contributed by atoms with van der Waals surface area (Å²) in [5.74, 6) is 0.476. The Hall–Kier alpha value is -3.51. The molecule has 0 aliphatic heterocycles. The lowest BCUT2D eigenvalue weighted by Crippen LogP contribution is -2.27. The van der Waals surface area contributed by atoms with Gasteiger partial charge < -0.3 is 26.3 Å². The number of fused-ring (bicyclic) bond motifs is 1. The number of carbonyl (C=O) groups is 1. The molecule has 2 atom stereocenters. The monoisotopic (exact) mass is 559 g/mol. The van der Waals surface area contributed by atoms with Crippen LogP contribution < -0.4 is 11.1 Å². The average molecular weight is 560 g/mol. The van der Waals surface area contributed by atoms with Gasteiger partial charge in [0.05, 0.1) is 39.2 Å². The predicted octanol–water partition coefficient (Wildman–Crippen LogP) is 4.57. The van der Waals surface area contributed by atoms with Crippen LogP contribution in [0.4, 0.5) is 21.7 Å². The number of nitrogens with zero attached hydrogens (tertiary/aromatic N) is 5. The molecule has 0 saturated heterocycles. The maximum Gasteiger partial charge on any atom is 0.390 e. The second-order valence-electron chi connectivity index (χ2n) is 10.8. The lowest BCUT2D eigenvalue weighted by atomic mass is 9.89. The first-order valence-corrected chi connectivity index (χ1v) is 13.3. The SMILES string of the molecule is CNc1ccc(F)c(Cl)c1.Cn1nc(C2CC3CC(O)(c4cc([N+](=O)[O-])nn4C4CC4)CC3C2)c(C=O)c1N. The van der Waals surface area contributed by atoms with E-state index in [9.17, 15) is 24.4 Å². The van der Waals surface area contributed by atoms with E-state index in [-0.39, 0.29) is 40.5 Å². The van der Waals surface area contributed by atoms with Gasteiger partial charge >= 0.3 is 5.82 Å². The number of aldehydes is 1. The zero-order valence-corrected chi connectivity index (χ0v) is 22.4. The van der Waals surface area contributed by atoms with Gasteiger partial charge in [-0.2, -0.15) is 9.78 Å². The minimum atomic E-state index is -1.10. The summed E-state index contributed by atoms with van der Waals surface area (Å²) in [6.07, 6.45) is 5.38. The molecule has 0 radical (unpaired) electrons. The van der Waals surface area contributed by atoms with E-state index in [0.29, 0.717) is 29.9 Å². The van der Waals surface area contributed by atoms with Crippen molar-refractivity contribution in [3.63, 3.8) is 0 Å². The van der Waals surface area contributed by atoms with Crippen LogP contribution in [0.25, 0.3) is 0 Å². The molecule has 13 heteroatoms. The number of aliphatic hydroxyl groups is 1. The fraction of sp³-hybridized carbons (Fsp3) is 0.500. The first kappa shape index (κ1) is 27.1. The van der Waals surface area contributed by atoms with Crippen molar-refractivity contribution in [3.05, 3.63) is 62.2 Å². The van der Waals surface area contributed by atoms with E-state index in [0.717, 1.165) is 43.4 Å². The maximum absolute atomic E-state index is 12.5. The molecular formula is C26H31ClFN7O4. The molecule has 1 aromatic carbocycles. The molecule has 2 aromatic heterocycles.